The lowest BCUT2D eigenvalue weighted by Crippen LogP contribution is -2.02. The van der Waals surface area contributed by atoms with E-state index >= 15 is 0 Å². The highest BCUT2D eigenvalue weighted by Crippen LogP contribution is 2.25. The summed E-state index contributed by atoms with van der Waals surface area (Å²) < 4.78 is 4.99. The van der Waals surface area contributed by atoms with Gasteiger partial charge < -0.3 is 4.74 Å². The topological polar surface area (TPSA) is 39.2 Å². The molecule has 136 valence electrons. The standard InChI is InChI=1S/C24H23NO2/c1-2-24(26)27-18-4-3-5-19-6-8-20(9-7-19)21-10-12-22(13-11-21)23-14-16-25-17-15-23/h2,6-17H,1,3-5,18H2. The van der Waals surface area contributed by atoms with Crippen molar-refractivity contribution in [1.29, 1.82) is 0 Å². The van der Waals surface area contributed by atoms with Gasteiger partial charge in [-0.15, -0.1) is 0 Å². The number of hydrogen-bond acceptors (Lipinski definition) is 3. The molecule has 3 aromatic rings. The highest BCUT2D eigenvalue weighted by molar-refractivity contribution is 5.81. The molecule has 0 unspecified atom stereocenters. The Balaban J connectivity index is 1.54. The molecule has 3 heteroatoms. The molecule has 0 radical (unpaired) electrons. The number of aromatic nitrogens is 1. The molecule has 0 aliphatic rings. The molecule has 0 bridgehead atoms. The van der Waals surface area contributed by atoms with E-state index in [1.807, 2.05) is 24.5 Å². The van der Waals surface area contributed by atoms with Gasteiger partial charge in [-0.1, -0.05) is 55.1 Å². The number of pyridine rings is 1. The maximum atomic E-state index is 11.0. The van der Waals surface area contributed by atoms with Crippen LogP contribution in [-0.2, 0) is 16.0 Å². The minimum Gasteiger partial charge on any atom is -0.463 e. The van der Waals surface area contributed by atoms with E-state index in [9.17, 15) is 4.79 Å². The van der Waals surface area contributed by atoms with Crippen molar-refractivity contribution in [2.24, 2.45) is 0 Å². The first-order valence-electron chi connectivity index (χ1n) is 9.15. The van der Waals surface area contributed by atoms with Crippen LogP contribution in [0.1, 0.15) is 18.4 Å². The molecule has 0 aliphatic heterocycles. The summed E-state index contributed by atoms with van der Waals surface area (Å²) in [6.07, 6.45) is 7.65. The monoisotopic (exact) mass is 357 g/mol. The molecule has 1 aromatic heterocycles. The van der Waals surface area contributed by atoms with Crippen LogP contribution < -0.4 is 0 Å². The van der Waals surface area contributed by atoms with E-state index in [1.54, 1.807) is 0 Å². The average Bonchev–Trinajstić information content (AvgIpc) is 2.74. The SMILES string of the molecule is C=CC(=O)OCCCCc1ccc(-c2ccc(-c3ccncc3)cc2)cc1. The zero-order valence-corrected chi connectivity index (χ0v) is 15.3. The summed E-state index contributed by atoms with van der Waals surface area (Å²) >= 11 is 0. The number of rotatable bonds is 8. The number of carbonyl (C=O) groups excluding carboxylic acids is 1. The lowest BCUT2D eigenvalue weighted by Gasteiger charge is -2.07. The molecule has 3 nitrogen and oxygen atoms in total. The summed E-state index contributed by atoms with van der Waals surface area (Å²) in [7, 11) is 0. The molecule has 0 saturated heterocycles. The Labute approximate surface area is 160 Å². The van der Waals surface area contributed by atoms with Crippen LogP contribution in [0, 0.1) is 0 Å². The van der Waals surface area contributed by atoms with Gasteiger partial charge in [-0.25, -0.2) is 4.79 Å². The molecule has 0 aliphatic carbocycles. The number of hydrogen-bond donors (Lipinski definition) is 0. The smallest absolute Gasteiger partial charge is 0.330 e. The maximum Gasteiger partial charge on any atom is 0.330 e. The summed E-state index contributed by atoms with van der Waals surface area (Å²) in [5.41, 5.74) is 6.07. The lowest BCUT2D eigenvalue weighted by molar-refractivity contribution is -0.137. The van der Waals surface area contributed by atoms with Gasteiger partial charge in [0.1, 0.15) is 0 Å². The fourth-order valence-corrected chi connectivity index (χ4v) is 2.93. The molecular formula is C24H23NO2. The van der Waals surface area contributed by atoms with Crippen molar-refractivity contribution in [2.75, 3.05) is 6.61 Å². The van der Waals surface area contributed by atoms with Crippen LogP contribution in [0.4, 0.5) is 0 Å². The van der Waals surface area contributed by atoms with Gasteiger partial charge in [-0.05, 0) is 59.2 Å². The molecule has 2 aromatic carbocycles. The van der Waals surface area contributed by atoms with Gasteiger partial charge in [0, 0.05) is 18.5 Å². The molecular weight excluding hydrogens is 334 g/mol. The summed E-state index contributed by atoms with van der Waals surface area (Å²) in [6.45, 7) is 3.83. The number of ether oxygens (including phenoxy) is 1. The molecule has 0 saturated carbocycles. The number of unbranched alkanes of at least 4 members (excludes halogenated alkanes) is 1. The third-order valence-electron chi connectivity index (χ3n) is 4.46. The van der Waals surface area contributed by atoms with Crippen LogP contribution in [0.3, 0.4) is 0 Å². The van der Waals surface area contributed by atoms with E-state index in [-0.39, 0.29) is 5.97 Å². The minimum absolute atomic E-state index is 0.352. The Morgan fingerprint density at radius 2 is 1.33 bits per heavy atom. The Morgan fingerprint density at radius 3 is 1.89 bits per heavy atom. The third kappa shape index (κ3) is 5.38. The van der Waals surface area contributed by atoms with Gasteiger partial charge in [0.2, 0.25) is 0 Å². The summed E-state index contributed by atoms with van der Waals surface area (Å²) in [5.74, 6) is -0.352. The van der Waals surface area contributed by atoms with Crippen molar-refractivity contribution in [3.8, 4) is 22.3 Å². The van der Waals surface area contributed by atoms with Crippen LogP contribution >= 0.6 is 0 Å². The van der Waals surface area contributed by atoms with Crippen LogP contribution in [-0.4, -0.2) is 17.6 Å². The molecule has 0 atom stereocenters. The molecule has 0 amide bonds. The Morgan fingerprint density at radius 1 is 0.815 bits per heavy atom. The van der Waals surface area contributed by atoms with Crippen molar-refractivity contribution in [3.05, 3.63) is 91.3 Å². The second-order valence-corrected chi connectivity index (χ2v) is 6.34. The normalized spacial score (nSPS) is 10.4. The fraction of sp³-hybridized carbons (Fsp3) is 0.167. The largest absolute Gasteiger partial charge is 0.463 e. The quantitative estimate of drug-likeness (QED) is 0.305. The van der Waals surface area contributed by atoms with Gasteiger partial charge in [-0.2, -0.15) is 0 Å². The molecule has 0 spiro atoms. The molecule has 0 N–H and O–H groups in total. The third-order valence-corrected chi connectivity index (χ3v) is 4.46. The van der Waals surface area contributed by atoms with Crippen LogP contribution in [0.2, 0.25) is 0 Å². The van der Waals surface area contributed by atoms with Gasteiger partial charge in [-0.3, -0.25) is 4.98 Å². The number of aryl methyl sites for hydroxylation is 1. The molecule has 0 fully saturated rings. The van der Waals surface area contributed by atoms with Crippen molar-refractivity contribution in [2.45, 2.75) is 19.3 Å². The van der Waals surface area contributed by atoms with Crippen molar-refractivity contribution in [3.63, 3.8) is 0 Å². The summed E-state index contributed by atoms with van der Waals surface area (Å²) in [5, 5.41) is 0. The van der Waals surface area contributed by atoms with E-state index < -0.39 is 0 Å². The predicted octanol–water partition coefficient (Wildman–Crippen LogP) is 5.47. The van der Waals surface area contributed by atoms with E-state index in [1.165, 1.54) is 33.9 Å². The maximum absolute atomic E-state index is 11.0. The highest BCUT2D eigenvalue weighted by atomic mass is 16.5. The lowest BCUT2D eigenvalue weighted by atomic mass is 9.99. The fourth-order valence-electron chi connectivity index (χ4n) is 2.93. The molecule has 1 heterocycles. The Bertz CT molecular complexity index is 869. The Kier molecular flexibility index (Phi) is 6.53. The van der Waals surface area contributed by atoms with Gasteiger partial charge in [0.05, 0.1) is 6.61 Å². The molecule has 27 heavy (non-hydrogen) atoms. The number of esters is 1. The van der Waals surface area contributed by atoms with E-state index in [0.717, 1.165) is 19.3 Å². The first-order valence-corrected chi connectivity index (χ1v) is 9.15. The van der Waals surface area contributed by atoms with Gasteiger partial charge in [0.25, 0.3) is 0 Å². The zero-order chi connectivity index (χ0) is 18.9. The van der Waals surface area contributed by atoms with Crippen LogP contribution in [0.5, 0.6) is 0 Å². The second kappa shape index (κ2) is 9.48. The minimum atomic E-state index is -0.352. The number of nitrogens with zero attached hydrogens (tertiary/aromatic N) is 1. The van der Waals surface area contributed by atoms with Crippen molar-refractivity contribution < 1.29 is 9.53 Å². The summed E-state index contributed by atoms with van der Waals surface area (Å²) in [6, 6.07) is 21.3. The summed E-state index contributed by atoms with van der Waals surface area (Å²) in [4.78, 5) is 15.0. The van der Waals surface area contributed by atoms with Crippen LogP contribution in [0.25, 0.3) is 22.3 Å². The Hall–Kier alpha value is -3.20. The first-order chi connectivity index (χ1) is 13.3. The van der Waals surface area contributed by atoms with Gasteiger partial charge >= 0.3 is 5.97 Å². The van der Waals surface area contributed by atoms with Crippen molar-refractivity contribution in [1.82, 2.24) is 4.98 Å². The molecule has 3 rings (SSSR count). The number of benzene rings is 2. The van der Waals surface area contributed by atoms with E-state index in [4.69, 9.17) is 4.74 Å². The van der Waals surface area contributed by atoms with Gasteiger partial charge in [0.15, 0.2) is 0 Å². The zero-order valence-electron chi connectivity index (χ0n) is 15.3. The predicted molar refractivity (Wildman–Crippen MR) is 109 cm³/mol. The van der Waals surface area contributed by atoms with E-state index in [0.29, 0.717) is 6.61 Å². The van der Waals surface area contributed by atoms with Crippen molar-refractivity contribution >= 4 is 5.97 Å². The highest BCUT2D eigenvalue weighted by Gasteiger charge is 2.02. The second-order valence-electron chi connectivity index (χ2n) is 6.34. The average molecular weight is 357 g/mol. The number of carbonyl (C=O) groups is 1. The first kappa shape index (κ1) is 18.6. The van der Waals surface area contributed by atoms with E-state index in [2.05, 4.69) is 60.1 Å². The van der Waals surface area contributed by atoms with Crippen LogP contribution in [0.15, 0.2) is 85.7 Å².